The number of rotatable bonds is 3. The van der Waals surface area contributed by atoms with Crippen molar-refractivity contribution in [2.75, 3.05) is 7.11 Å². The number of aromatic nitrogens is 1. The van der Waals surface area contributed by atoms with E-state index in [-0.39, 0.29) is 10.8 Å². The third-order valence-corrected chi connectivity index (χ3v) is 3.47. The molecule has 0 aliphatic heterocycles. The van der Waals surface area contributed by atoms with Crippen LogP contribution in [-0.4, -0.2) is 12.1 Å². The van der Waals surface area contributed by atoms with Gasteiger partial charge in [-0.15, -0.1) is 0 Å². The maximum atomic E-state index is 5.53. The zero-order valence-electron chi connectivity index (χ0n) is 12.2. The summed E-state index contributed by atoms with van der Waals surface area (Å²) in [7, 11) is 1.73. The Morgan fingerprint density at radius 2 is 1.76 bits per heavy atom. The van der Waals surface area contributed by atoms with Gasteiger partial charge in [0.1, 0.15) is 5.75 Å². The molecule has 0 saturated heterocycles. The van der Waals surface area contributed by atoms with E-state index in [0.29, 0.717) is 0 Å². The highest BCUT2D eigenvalue weighted by molar-refractivity contribution is 5.39. The van der Waals surface area contributed by atoms with Gasteiger partial charge in [-0.25, -0.2) is 0 Å². The molecule has 0 spiro atoms. The highest BCUT2D eigenvalue weighted by atomic mass is 16.5. The van der Waals surface area contributed by atoms with Crippen LogP contribution in [0.4, 0.5) is 0 Å². The summed E-state index contributed by atoms with van der Waals surface area (Å²) in [6, 6.07) is 2.08. The van der Waals surface area contributed by atoms with Gasteiger partial charge in [-0.3, -0.25) is 4.98 Å². The topological polar surface area (TPSA) is 22.1 Å². The molecule has 0 aliphatic carbocycles. The van der Waals surface area contributed by atoms with E-state index in [4.69, 9.17) is 4.74 Å². The van der Waals surface area contributed by atoms with Crippen molar-refractivity contribution in [1.82, 2.24) is 4.98 Å². The van der Waals surface area contributed by atoms with Gasteiger partial charge >= 0.3 is 0 Å². The van der Waals surface area contributed by atoms with E-state index in [9.17, 15) is 0 Å². The fourth-order valence-corrected chi connectivity index (χ4v) is 1.71. The van der Waals surface area contributed by atoms with Crippen LogP contribution in [0.5, 0.6) is 5.75 Å². The number of hydrogen-bond donors (Lipinski definition) is 0. The molecule has 0 amide bonds. The van der Waals surface area contributed by atoms with Gasteiger partial charge in [0.2, 0.25) is 0 Å². The molecule has 0 aromatic carbocycles. The first kappa shape index (κ1) is 14.0. The molecule has 2 heteroatoms. The van der Waals surface area contributed by atoms with Gasteiger partial charge in [0, 0.05) is 28.9 Å². The Kier molecular flexibility index (Phi) is 3.85. The van der Waals surface area contributed by atoms with Gasteiger partial charge in [-0.1, -0.05) is 41.5 Å². The van der Waals surface area contributed by atoms with Crippen LogP contribution in [-0.2, 0) is 10.8 Å². The lowest BCUT2D eigenvalue weighted by Crippen LogP contribution is -2.20. The van der Waals surface area contributed by atoms with Crippen LogP contribution in [0.3, 0.4) is 0 Å². The number of pyridine rings is 1. The van der Waals surface area contributed by atoms with Crippen LogP contribution >= 0.6 is 0 Å². The van der Waals surface area contributed by atoms with Gasteiger partial charge in [-0.2, -0.15) is 0 Å². The molecule has 0 N–H and O–H groups in total. The molecule has 0 aliphatic rings. The van der Waals surface area contributed by atoms with Crippen molar-refractivity contribution in [1.29, 1.82) is 0 Å². The van der Waals surface area contributed by atoms with Crippen molar-refractivity contribution in [3.05, 3.63) is 23.5 Å². The van der Waals surface area contributed by atoms with E-state index >= 15 is 0 Å². The highest BCUT2D eigenvalue weighted by Gasteiger charge is 2.25. The molecule has 0 radical (unpaired) electrons. The Balaban J connectivity index is 3.29. The Morgan fingerprint density at radius 1 is 1.18 bits per heavy atom. The maximum Gasteiger partial charge on any atom is 0.125 e. The molecule has 0 fully saturated rings. The second kappa shape index (κ2) is 4.67. The largest absolute Gasteiger partial charge is 0.496 e. The van der Waals surface area contributed by atoms with E-state index in [1.54, 1.807) is 7.11 Å². The zero-order valence-corrected chi connectivity index (χ0v) is 12.2. The standard InChI is InChI=1S/C15H25NO/c1-8-15(5,6)11-10-16-13(14(2,3)4)9-12(11)17-7/h9-10H,8H2,1-7H3. The minimum Gasteiger partial charge on any atom is -0.496 e. The minimum atomic E-state index is 0.0577. The Labute approximate surface area is 105 Å². The first-order chi connectivity index (χ1) is 7.72. The normalized spacial score (nSPS) is 12.6. The van der Waals surface area contributed by atoms with Gasteiger partial charge < -0.3 is 4.74 Å². The molecule has 1 aromatic heterocycles. The average molecular weight is 235 g/mol. The van der Waals surface area contributed by atoms with Gasteiger partial charge in [-0.05, 0) is 11.8 Å². The van der Waals surface area contributed by atoms with Gasteiger partial charge in [0.05, 0.1) is 7.11 Å². The van der Waals surface area contributed by atoms with Crippen molar-refractivity contribution in [3.63, 3.8) is 0 Å². The molecule has 0 atom stereocenters. The Bertz CT molecular complexity index is 388. The Hall–Kier alpha value is -1.05. The van der Waals surface area contributed by atoms with Gasteiger partial charge in [0.25, 0.3) is 0 Å². The number of methoxy groups -OCH3 is 1. The number of hydrogen-bond acceptors (Lipinski definition) is 2. The molecule has 1 aromatic rings. The molecular formula is C15H25NO. The van der Waals surface area contributed by atoms with Crippen molar-refractivity contribution < 1.29 is 4.74 Å². The maximum absolute atomic E-state index is 5.53. The van der Waals surface area contributed by atoms with Crippen LogP contribution in [0.2, 0.25) is 0 Å². The van der Waals surface area contributed by atoms with E-state index in [1.807, 2.05) is 6.20 Å². The average Bonchev–Trinajstić information content (AvgIpc) is 2.27. The third-order valence-electron chi connectivity index (χ3n) is 3.47. The molecule has 17 heavy (non-hydrogen) atoms. The molecule has 1 rings (SSSR count). The van der Waals surface area contributed by atoms with Crippen LogP contribution < -0.4 is 4.74 Å². The zero-order chi connectivity index (χ0) is 13.3. The second-order valence-electron chi connectivity index (χ2n) is 6.26. The molecule has 1 heterocycles. The summed E-state index contributed by atoms with van der Waals surface area (Å²) in [6.45, 7) is 13.1. The van der Waals surface area contributed by atoms with E-state index in [1.165, 1.54) is 5.56 Å². The summed E-state index contributed by atoms with van der Waals surface area (Å²) in [5.41, 5.74) is 2.43. The fourth-order valence-electron chi connectivity index (χ4n) is 1.71. The lowest BCUT2D eigenvalue weighted by atomic mass is 9.81. The number of ether oxygens (including phenoxy) is 1. The molecular weight excluding hydrogens is 210 g/mol. The SMILES string of the molecule is CCC(C)(C)c1cnc(C(C)(C)C)cc1OC. The van der Waals surface area contributed by atoms with Crippen molar-refractivity contribution >= 4 is 0 Å². The van der Waals surface area contributed by atoms with E-state index < -0.39 is 0 Å². The lowest BCUT2D eigenvalue weighted by Gasteiger charge is -2.27. The quantitative estimate of drug-likeness (QED) is 0.787. The van der Waals surface area contributed by atoms with E-state index in [2.05, 4.69) is 52.6 Å². The lowest BCUT2D eigenvalue weighted by molar-refractivity contribution is 0.385. The minimum absolute atomic E-state index is 0.0577. The molecule has 2 nitrogen and oxygen atoms in total. The second-order valence-corrected chi connectivity index (χ2v) is 6.26. The molecule has 96 valence electrons. The van der Waals surface area contributed by atoms with Crippen molar-refractivity contribution in [2.24, 2.45) is 0 Å². The summed E-state index contributed by atoms with van der Waals surface area (Å²) >= 11 is 0. The summed E-state index contributed by atoms with van der Waals surface area (Å²) in [5, 5.41) is 0. The van der Waals surface area contributed by atoms with Gasteiger partial charge in [0.15, 0.2) is 0 Å². The van der Waals surface area contributed by atoms with Crippen molar-refractivity contribution in [3.8, 4) is 5.75 Å². The molecule has 0 bridgehead atoms. The third kappa shape index (κ3) is 2.99. The summed E-state index contributed by atoms with van der Waals surface area (Å²) in [5.74, 6) is 0.955. The summed E-state index contributed by atoms with van der Waals surface area (Å²) < 4.78 is 5.53. The summed E-state index contributed by atoms with van der Waals surface area (Å²) in [4.78, 5) is 4.59. The van der Waals surface area contributed by atoms with Crippen LogP contribution in [0.25, 0.3) is 0 Å². The molecule has 0 saturated carbocycles. The van der Waals surface area contributed by atoms with Crippen LogP contribution in [0.15, 0.2) is 12.3 Å². The van der Waals surface area contributed by atoms with E-state index in [0.717, 1.165) is 17.9 Å². The monoisotopic (exact) mass is 235 g/mol. The first-order valence-electron chi connectivity index (χ1n) is 6.27. The van der Waals surface area contributed by atoms with Crippen LogP contribution in [0.1, 0.15) is 59.2 Å². The predicted molar refractivity (Wildman–Crippen MR) is 72.8 cm³/mol. The smallest absolute Gasteiger partial charge is 0.125 e. The highest BCUT2D eigenvalue weighted by Crippen LogP contribution is 2.35. The fraction of sp³-hybridized carbons (Fsp3) is 0.667. The van der Waals surface area contributed by atoms with Crippen LogP contribution in [0, 0.1) is 0 Å². The number of nitrogens with zero attached hydrogens (tertiary/aromatic N) is 1. The Morgan fingerprint density at radius 3 is 2.18 bits per heavy atom. The first-order valence-corrected chi connectivity index (χ1v) is 6.27. The predicted octanol–water partition coefficient (Wildman–Crippen LogP) is 4.08. The summed E-state index contributed by atoms with van der Waals surface area (Å²) in [6.07, 6.45) is 3.04. The molecule has 0 unspecified atom stereocenters. The van der Waals surface area contributed by atoms with Crippen molar-refractivity contribution in [2.45, 2.75) is 58.8 Å².